The van der Waals surface area contributed by atoms with Crippen LogP contribution in [0.25, 0.3) is 0 Å². The second-order valence-electron chi connectivity index (χ2n) is 6.02. The summed E-state index contributed by atoms with van der Waals surface area (Å²) in [5.41, 5.74) is 1.09. The smallest absolute Gasteiger partial charge is 0.319 e. The molecule has 0 spiro atoms. The molecule has 0 fully saturated rings. The number of hydrogen-bond acceptors (Lipinski definition) is 3. The van der Waals surface area contributed by atoms with Gasteiger partial charge in [0.25, 0.3) is 0 Å². The van der Waals surface area contributed by atoms with Crippen LogP contribution >= 0.6 is 11.6 Å². The molecule has 0 aliphatic rings. The molecule has 0 unspecified atom stereocenters. The first kappa shape index (κ1) is 19.6. The SMILES string of the molecule is COc1ccc(Cl)cc1NC(=O)[C@@H](NC(=O)Nc1ccccc1)C(C)C. The number of rotatable bonds is 6. The summed E-state index contributed by atoms with van der Waals surface area (Å²) < 4.78 is 5.23. The van der Waals surface area contributed by atoms with E-state index in [0.717, 1.165) is 0 Å². The number of para-hydroxylation sites is 1. The highest BCUT2D eigenvalue weighted by Crippen LogP contribution is 2.28. The number of anilines is 2. The first-order valence-electron chi connectivity index (χ1n) is 8.17. The Labute approximate surface area is 157 Å². The van der Waals surface area contributed by atoms with Crippen molar-refractivity contribution in [3.8, 4) is 5.75 Å². The van der Waals surface area contributed by atoms with E-state index in [4.69, 9.17) is 16.3 Å². The third kappa shape index (κ3) is 5.39. The molecule has 0 saturated carbocycles. The third-order valence-corrected chi connectivity index (χ3v) is 3.92. The number of ether oxygens (including phenoxy) is 1. The van der Waals surface area contributed by atoms with E-state index in [1.165, 1.54) is 7.11 Å². The first-order valence-corrected chi connectivity index (χ1v) is 8.55. The third-order valence-electron chi connectivity index (χ3n) is 3.69. The second kappa shape index (κ2) is 9.10. The maximum Gasteiger partial charge on any atom is 0.319 e. The van der Waals surface area contributed by atoms with Crippen molar-refractivity contribution in [2.45, 2.75) is 19.9 Å². The second-order valence-corrected chi connectivity index (χ2v) is 6.46. The molecule has 2 aromatic carbocycles. The van der Waals surface area contributed by atoms with Gasteiger partial charge in [0, 0.05) is 10.7 Å². The molecule has 0 aromatic heterocycles. The van der Waals surface area contributed by atoms with Gasteiger partial charge in [-0.1, -0.05) is 43.6 Å². The van der Waals surface area contributed by atoms with E-state index < -0.39 is 12.1 Å². The van der Waals surface area contributed by atoms with Gasteiger partial charge in [-0.3, -0.25) is 4.79 Å². The van der Waals surface area contributed by atoms with Crippen LogP contribution in [0.5, 0.6) is 5.75 Å². The quantitative estimate of drug-likeness (QED) is 0.710. The van der Waals surface area contributed by atoms with Gasteiger partial charge in [0.15, 0.2) is 0 Å². The van der Waals surface area contributed by atoms with E-state index in [1.54, 1.807) is 30.3 Å². The zero-order valence-corrected chi connectivity index (χ0v) is 15.6. The molecule has 0 radical (unpaired) electrons. The zero-order valence-electron chi connectivity index (χ0n) is 14.9. The Balaban J connectivity index is 2.08. The molecule has 7 heteroatoms. The van der Waals surface area contributed by atoms with Crippen LogP contribution in [0.15, 0.2) is 48.5 Å². The molecular formula is C19H22ClN3O3. The van der Waals surface area contributed by atoms with Crippen molar-refractivity contribution >= 4 is 34.9 Å². The molecule has 26 heavy (non-hydrogen) atoms. The van der Waals surface area contributed by atoms with Crippen LogP contribution in [0.1, 0.15) is 13.8 Å². The molecule has 0 aliphatic heterocycles. The molecule has 138 valence electrons. The Morgan fingerprint density at radius 3 is 2.35 bits per heavy atom. The highest BCUT2D eigenvalue weighted by molar-refractivity contribution is 6.31. The van der Waals surface area contributed by atoms with Crippen molar-refractivity contribution in [1.29, 1.82) is 0 Å². The van der Waals surface area contributed by atoms with Gasteiger partial charge < -0.3 is 20.7 Å². The number of benzene rings is 2. The number of hydrogen-bond donors (Lipinski definition) is 3. The molecule has 0 bridgehead atoms. The van der Waals surface area contributed by atoms with Crippen molar-refractivity contribution in [1.82, 2.24) is 5.32 Å². The molecule has 3 N–H and O–H groups in total. The van der Waals surface area contributed by atoms with Gasteiger partial charge in [-0.25, -0.2) is 4.79 Å². The number of halogens is 1. The van der Waals surface area contributed by atoms with Crippen LogP contribution in [0.4, 0.5) is 16.2 Å². The van der Waals surface area contributed by atoms with Gasteiger partial charge in [-0.05, 0) is 36.2 Å². The summed E-state index contributed by atoms with van der Waals surface area (Å²) >= 11 is 5.99. The van der Waals surface area contributed by atoms with Gasteiger partial charge >= 0.3 is 6.03 Å². The highest BCUT2D eigenvalue weighted by atomic mass is 35.5. The fourth-order valence-electron chi connectivity index (χ4n) is 2.35. The van der Waals surface area contributed by atoms with Crippen LogP contribution in [0.3, 0.4) is 0 Å². The first-order chi connectivity index (χ1) is 12.4. The van der Waals surface area contributed by atoms with Crippen LogP contribution in [0.2, 0.25) is 5.02 Å². The molecule has 2 rings (SSSR count). The maximum atomic E-state index is 12.7. The van der Waals surface area contributed by atoms with Crippen LogP contribution in [-0.2, 0) is 4.79 Å². The van der Waals surface area contributed by atoms with E-state index in [0.29, 0.717) is 22.1 Å². The minimum Gasteiger partial charge on any atom is -0.495 e. The van der Waals surface area contributed by atoms with Gasteiger partial charge in [-0.2, -0.15) is 0 Å². The van der Waals surface area contributed by atoms with E-state index >= 15 is 0 Å². The van der Waals surface area contributed by atoms with Crippen molar-refractivity contribution in [2.24, 2.45) is 5.92 Å². The van der Waals surface area contributed by atoms with E-state index in [1.807, 2.05) is 32.0 Å². The summed E-state index contributed by atoms with van der Waals surface area (Å²) in [6.07, 6.45) is 0. The Kier molecular flexibility index (Phi) is 6.86. The van der Waals surface area contributed by atoms with Gasteiger partial charge in [0.05, 0.1) is 12.8 Å². The normalized spacial score (nSPS) is 11.6. The van der Waals surface area contributed by atoms with E-state index in [-0.39, 0.29) is 11.8 Å². The predicted octanol–water partition coefficient (Wildman–Crippen LogP) is 4.13. The number of methoxy groups -OCH3 is 1. The fourth-order valence-corrected chi connectivity index (χ4v) is 2.53. The van der Waals surface area contributed by atoms with Crippen molar-refractivity contribution in [2.75, 3.05) is 17.7 Å². The topological polar surface area (TPSA) is 79.5 Å². The number of carbonyl (C=O) groups is 2. The Hall–Kier alpha value is -2.73. The number of nitrogens with one attached hydrogen (secondary N) is 3. The van der Waals surface area contributed by atoms with Crippen molar-refractivity contribution < 1.29 is 14.3 Å². The van der Waals surface area contributed by atoms with Gasteiger partial charge in [0.1, 0.15) is 11.8 Å². The summed E-state index contributed by atoms with van der Waals surface area (Å²) in [5, 5.41) is 8.63. The van der Waals surface area contributed by atoms with Crippen molar-refractivity contribution in [3.63, 3.8) is 0 Å². The minimum atomic E-state index is -0.734. The zero-order chi connectivity index (χ0) is 19.1. The average Bonchev–Trinajstić information content (AvgIpc) is 2.60. The van der Waals surface area contributed by atoms with Gasteiger partial charge in [0.2, 0.25) is 5.91 Å². The summed E-state index contributed by atoms with van der Waals surface area (Å²) in [4.78, 5) is 24.9. The molecule has 6 nitrogen and oxygen atoms in total. The lowest BCUT2D eigenvalue weighted by atomic mass is 10.0. The summed E-state index contributed by atoms with van der Waals surface area (Å²) in [6, 6.07) is 12.7. The fraction of sp³-hybridized carbons (Fsp3) is 0.263. The number of urea groups is 1. The van der Waals surface area contributed by atoms with Crippen LogP contribution in [-0.4, -0.2) is 25.1 Å². The maximum absolute atomic E-state index is 12.7. The summed E-state index contributed by atoms with van der Waals surface area (Å²) in [6.45, 7) is 3.70. The molecule has 2 aromatic rings. The standard InChI is InChI=1S/C19H22ClN3O3/c1-12(2)17(23-19(25)21-14-7-5-4-6-8-14)18(24)22-15-11-13(20)9-10-16(15)26-3/h4-12,17H,1-3H3,(H,22,24)(H2,21,23,25)/t17-/m0/s1. The highest BCUT2D eigenvalue weighted by Gasteiger charge is 2.25. The molecule has 3 amide bonds. The number of carbonyl (C=O) groups excluding carboxylic acids is 2. The van der Waals surface area contributed by atoms with Gasteiger partial charge in [-0.15, -0.1) is 0 Å². The van der Waals surface area contributed by atoms with Crippen LogP contribution in [0, 0.1) is 5.92 Å². The molecule has 0 aliphatic carbocycles. The summed E-state index contributed by atoms with van der Waals surface area (Å²) in [7, 11) is 1.50. The predicted molar refractivity (Wildman–Crippen MR) is 104 cm³/mol. The molecule has 0 saturated heterocycles. The molecular weight excluding hydrogens is 354 g/mol. The molecule has 1 atom stereocenters. The largest absolute Gasteiger partial charge is 0.495 e. The number of amides is 3. The van der Waals surface area contributed by atoms with Crippen molar-refractivity contribution in [3.05, 3.63) is 53.6 Å². The minimum absolute atomic E-state index is 0.123. The Morgan fingerprint density at radius 2 is 1.73 bits per heavy atom. The lowest BCUT2D eigenvalue weighted by Gasteiger charge is -2.22. The lowest BCUT2D eigenvalue weighted by Crippen LogP contribution is -2.48. The lowest BCUT2D eigenvalue weighted by molar-refractivity contribution is -0.118. The molecule has 0 heterocycles. The van der Waals surface area contributed by atoms with E-state index in [2.05, 4.69) is 16.0 Å². The Bertz CT molecular complexity index is 766. The van der Waals surface area contributed by atoms with Crippen LogP contribution < -0.4 is 20.7 Å². The summed E-state index contributed by atoms with van der Waals surface area (Å²) in [5.74, 6) is 0.00414. The Morgan fingerprint density at radius 1 is 1.04 bits per heavy atom. The monoisotopic (exact) mass is 375 g/mol. The average molecular weight is 376 g/mol. The van der Waals surface area contributed by atoms with E-state index in [9.17, 15) is 9.59 Å².